The monoisotopic (exact) mass is 286 g/mol. The summed E-state index contributed by atoms with van der Waals surface area (Å²) in [6.45, 7) is 1.31. The van der Waals surface area contributed by atoms with Gasteiger partial charge in [0, 0.05) is 24.2 Å². The van der Waals surface area contributed by atoms with Gasteiger partial charge in [-0.1, -0.05) is 29.8 Å². The molecule has 1 amide bonds. The Morgan fingerprint density at radius 2 is 2.15 bits per heavy atom. The first-order valence-electron chi connectivity index (χ1n) is 6.67. The Balaban J connectivity index is 1.59. The predicted molar refractivity (Wildman–Crippen MR) is 78.3 cm³/mol. The molecule has 0 spiro atoms. The summed E-state index contributed by atoms with van der Waals surface area (Å²) in [7, 11) is 0. The number of amides is 1. The highest BCUT2D eigenvalue weighted by molar-refractivity contribution is 6.30. The number of aromatic nitrogens is 1. The molecule has 0 N–H and O–H groups in total. The molecule has 1 aliphatic rings. The SMILES string of the molecule is O=C(CCc1cccc(Cl)c1)N1Cc2cccnc2C1. The maximum Gasteiger partial charge on any atom is 0.223 e. The molecule has 102 valence electrons. The lowest BCUT2D eigenvalue weighted by Gasteiger charge is -2.15. The van der Waals surface area contributed by atoms with Gasteiger partial charge in [0.15, 0.2) is 0 Å². The Bertz CT molecular complexity index is 617. The van der Waals surface area contributed by atoms with E-state index in [-0.39, 0.29) is 5.91 Å². The quantitative estimate of drug-likeness (QED) is 0.868. The highest BCUT2D eigenvalue weighted by atomic mass is 35.5. The first kappa shape index (κ1) is 13.1. The Kier molecular flexibility index (Phi) is 3.70. The van der Waals surface area contributed by atoms with E-state index in [1.54, 1.807) is 6.20 Å². The minimum atomic E-state index is 0.169. The van der Waals surface area contributed by atoms with Crippen LogP contribution in [0.2, 0.25) is 5.02 Å². The number of hydrogen-bond donors (Lipinski definition) is 0. The summed E-state index contributed by atoms with van der Waals surface area (Å²) >= 11 is 5.94. The van der Waals surface area contributed by atoms with Crippen LogP contribution in [-0.2, 0) is 24.3 Å². The molecule has 0 saturated carbocycles. The van der Waals surface area contributed by atoms with E-state index < -0.39 is 0 Å². The number of nitrogens with zero attached hydrogens (tertiary/aromatic N) is 2. The van der Waals surface area contributed by atoms with Crippen molar-refractivity contribution in [1.82, 2.24) is 9.88 Å². The van der Waals surface area contributed by atoms with Crippen molar-refractivity contribution in [2.75, 3.05) is 0 Å². The molecule has 0 radical (unpaired) electrons. The van der Waals surface area contributed by atoms with Crippen LogP contribution in [0.4, 0.5) is 0 Å². The number of fused-ring (bicyclic) bond motifs is 1. The smallest absolute Gasteiger partial charge is 0.223 e. The van der Waals surface area contributed by atoms with Crippen LogP contribution in [0.25, 0.3) is 0 Å². The topological polar surface area (TPSA) is 33.2 Å². The van der Waals surface area contributed by atoms with Crippen LogP contribution >= 0.6 is 11.6 Å². The van der Waals surface area contributed by atoms with Gasteiger partial charge in [-0.2, -0.15) is 0 Å². The summed E-state index contributed by atoms with van der Waals surface area (Å²) in [6, 6.07) is 11.6. The fourth-order valence-electron chi connectivity index (χ4n) is 2.48. The molecule has 2 aromatic rings. The molecule has 0 bridgehead atoms. The second-order valence-electron chi connectivity index (χ2n) is 4.99. The second kappa shape index (κ2) is 5.63. The highest BCUT2D eigenvalue weighted by Crippen LogP contribution is 2.21. The van der Waals surface area contributed by atoms with Crippen LogP contribution in [-0.4, -0.2) is 15.8 Å². The molecular weight excluding hydrogens is 272 g/mol. The summed E-state index contributed by atoms with van der Waals surface area (Å²) < 4.78 is 0. The van der Waals surface area contributed by atoms with Crippen LogP contribution < -0.4 is 0 Å². The lowest BCUT2D eigenvalue weighted by molar-refractivity contribution is -0.131. The van der Waals surface area contributed by atoms with E-state index in [9.17, 15) is 4.79 Å². The van der Waals surface area contributed by atoms with E-state index in [2.05, 4.69) is 4.98 Å². The Morgan fingerprint density at radius 3 is 2.95 bits per heavy atom. The molecule has 3 nitrogen and oxygen atoms in total. The largest absolute Gasteiger partial charge is 0.332 e. The first-order chi connectivity index (χ1) is 9.72. The third-order valence-electron chi connectivity index (χ3n) is 3.56. The number of benzene rings is 1. The zero-order chi connectivity index (χ0) is 13.9. The molecule has 0 saturated heterocycles. The molecule has 4 heteroatoms. The second-order valence-corrected chi connectivity index (χ2v) is 5.43. The van der Waals surface area contributed by atoms with Gasteiger partial charge in [-0.15, -0.1) is 0 Å². The van der Waals surface area contributed by atoms with Crippen molar-refractivity contribution < 1.29 is 4.79 Å². The summed E-state index contributed by atoms with van der Waals surface area (Å²) in [6.07, 6.45) is 3.01. The summed E-state index contributed by atoms with van der Waals surface area (Å²) in [4.78, 5) is 18.4. The Hall–Kier alpha value is -1.87. The van der Waals surface area contributed by atoms with Crippen molar-refractivity contribution in [3.8, 4) is 0 Å². The van der Waals surface area contributed by atoms with Gasteiger partial charge in [-0.3, -0.25) is 9.78 Å². The molecule has 3 rings (SSSR count). The lowest BCUT2D eigenvalue weighted by Crippen LogP contribution is -2.25. The van der Waals surface area contributed by atoms with Gasteiger partial charge >= 0.3 is 0 Å². The third kappa shape index (κ3) is 2.83. The Labute approximate surface area is 123 Å². The lowest BCUT2D eigenvalue weighted by atomic mass is 10.1. The predicted octanol–water partition coefficient (Wildman–Crippen LogP) is 3.21. The standard InChI is InChI=1S/C16H15ClN2O/c17-14-5-1-3-12(9-14)6-7-16(20)19-10-13-4-2-8-18-15(13)11-19/h1-5,8-9H,6-7,10-11H2. The molecule has 0 fully saturated rings. The molecule has 0 atom stereocenters. The highest BCUT2D eigenvalue weighted by Gasteiger charge is 2.23. The van der Waals surface area contributed by atoms with E-state index in [4.69, 9.17) is 11.6 Å². The summed E-state index contributed by atoms with van der Waals surface area (Å²) in [5.41, 5.74) is 3.27. The van der Waals surface area contributed by atoms with Gasteiger partial charge in [0.05, 0.1) is 12.2 Å². The van der Waals surface area contributed by atoms with Crippen LogP contribution in [0.3, 0.4) is 0 Å². The maximum atomic E-state index is 12.2. The van der Waals surface area contributed by atoms with Crippen molar-refractivity contribution in [3.63, 3.8) is 0 Å². The van der Waals surface area contributed by atoms with Gasteiger partial charge < -0.3 is 4.90 Å². The van der Waals surface area contributed by atoms with E-state index in [0.717, 1.165) is 23.2 Å². The molecule has 1 aliphatic heterocycles. The number of halogens is 1. The minimum absolute atomic E-state index is 0.169. The third-order valence-corrected chi connectivity index (χ3v) is 3.79. The fourth-order valence-corrected chi connectivity index (χ4v) is 2.69. The number of carbonyl (C=O) groups excluding carboxylic acids is 1. The van der Waals surface area contributed by atoms with Crippen molar-refractivity contribution >= 4 is 17.5 Å². The van der Waals surface area contributed by atoms with E-state index in [0.29, 0.717) is 24.5 Å². The summed E-state index contributed by atoms with van der Waals surface area (Å²) in [5.74, 6) is 0.169. The molecule has 0 aliphatic carbocycles. The van der Waals surface area contributed by atoms with Crippen LogP contribution in [0.1, 0.15) is 23.2 Å². The minimum Gasteiger partial charge on any atom is -0.332 e. The average Bonchev–Trinajstić information content (AvgIpc) is 2.89. The first-order valence-corrected chi connectivity index (χ1v) is 7.05. The van der Waals surface area contributed by atoms with Gasteiger partial charge in [0.2, 0.25) is 5.91 Å². The number of aryl methyl sites for hydroxylation is 1. The van der Waals surface area contributed by atoms with Gasteiger partial charge in [-0.05, 0) is 35.7 Å². The van der Waals surface area contributed by atoms with Crippen molar-refractivity contribution in [1.29, 1.82) is 0 Å². The molecule has 1 aromatic heterocycles. The fraction of sp³-hybridized carbons (Fsp3) is 0.250. The van der Waals surface area contributed by atoms with Crippen molar-refractivity contribution in [2.45, 2.75) is 25.9 Å². The van der Waals surface area contributed by atoms with Crippen LogP contribution in [0.5, 0.6) is 0 Å². The number of hydrogen-bond acceptors (Lipinski definition) is 2. The zero-order valence-electron chi connectivity index (χ0n) is 11.1. The summed E-state index contributed by atoms with van der Waals surface area (Å²) in [5, 5.41) is 0.715. The van der Waals surface area contributed by atoms with Crippen molar-refractivity contribution in [2.24, 2.45) is 0 Å². The number of pyridine rings is 1. The molecule has 1 aromatic carbocycles. The average molecular weight is 287 g/mol. The van der Waals surface area contributed by atoms with E-state index in [1.165, 1.54) is 0 Å². The molecule has 2 heterocycles. The van der Waals surface area contributed by atoms with Gasteiger partial charge in [0.25, 0.3) is 0 Å². The van der Waals surface area contributed by atoms with Crippen molar-refractivity contribution in [3.05, 3.63) is 64.4 Å². The Morgan fingerprint density at radius 1 is 1.25 bits per heavy atom. The normalized spacial score (nSPS) is 13.3. The van der Waals surface area contributed by atoms with Gasteiger partial charge in [-0.25, -0.2) is 0 Å². The number of rotatable bonds is 3. The van der Waals surface area contributed by atoms with E-state index >= 15 is 0 Å². The molecule has 0 unspecified atom stereocenters. The van der Waals surface area contributed by atoms with Gasteiger partial charge in [0.1, 0.15) is 0 Å². The zero-order valence-corrected chi connectivity index (χ0v) is 11.8. The molecule has 20 heavy (non-hydrogen) atoms. The van der Waals surface area contributed by atoms with Crippen LogP contribution in [0.15, 0.2) is 42.6 Å². The van der Waals surface area contributed by atoms with E-state index in [1.807, 2.05) is 41.3 Å². The number of carbonyl (C=O) groups is 1. The van der Waals surface area contributed by atoms with Crippen LogP contribution in [0, 0.1) is 0 Å². The maximum absolute atomic E-state index is 12.2. The molecular formula is C16H15ClN2O.